The van der Waals surface area contributed by atoms with Gasteiger partial charge in [-0.05, 0) is 93.0 Å². The molecule has 0 saturated carbocycles. The Labute approximate surface area is 275 Å². The van der Waals surface area contributed by atoms with Crippen molar-refractivity contribution < 1.29 is 0 Å². The molecule has 2 heteroatoms. The molecule has 2 nitrogen and oxygen atoms in total. The smallest absolute Gasteiger partial charge is 0.0561 e. The predicted molar refractivity (Wildman–Crippen MR) is 199 cm³/mol. The molecule has 0 amide bonds. The van der Waals surface area contributed by atoms with Crippen LogP contribution in [-0.2, 0) is 5.41 Å². The first-order valence-corrected chi connectivity index (χ1v) is 16.4. The number of benzene rings is 7. The summed E-state index contributed by atoms with van der Waals surface area (Å²) in [6.45, 7) is 4.70. The maximum Gasteiger partial charge on any atom is 0.0561 e. The van der Waals surface area contributed by atoms with Gasteiger partial charge < -0.3 is 9.88 Å². The maximum absolute atomic E-state index is 3.69. The monoisotopic (exact) mass is 602 g/mol. The van der Waals surface area contributed by atoms with Crippen molar-refractivity contribution in [2.45, 2.75) is 19.3 Å². The molecule has 1 aliphatic rings. The van der Waals surface area contributed by atoms with Crippen LogP contribution < -0.4 is 5.32 Å². The zero-order chi connectivity index (χ0) is 31.5. The quantitative estimate of drug-likeness (QED) is 0.207. The molecule has 1 aliphatic carbocycles. The van der Waals surface area contributed by atoms with Gasteiger partial charge in [0.1, 0.15) is 0 Å². The predicted octanol–water partition coefficient (Wildman–Crippen LogP) is 12.2. The van der Waals surface area contributed by atoms with E-state index < -0.39 is 0 Å². The Kier molecular flexibility index (Phi) is 6.20. The lowest BCUT2D eigenvalue weighted by atomic mass is 9.82. The fraction of sp³-hybridized carbons (Fsp3) is 0.0667. The van der Waals surface area contributed by atoms with Gasteiger partial charge in [-0.1, -0.05) is 129 Å². The van der Waals surface area contributed by atoms with E-state index >= 15 is 0 Å². The van der Waals surface area contributed by atoms with E-state index in [0.29, 0.717) is 0 Å². The van der Waals surface area contributed by atoms with Crippen molar-refractivity contribution in [2.24, 2.45) is 0 Å². The Morgan fingerprint density at radius 2 is 1.06 bits per heavy atom. The molecule has 0 bridgehead atoms. The highest BCUT2D eigenvalue weighted by atomic mass is 15.0. The molecule has 0 fully saturated rings. The number of anilines is 2. The highest BCUT2D eigenvalue weighted by Crippen LogP contribution is 2.49. The Morgan fingerprint density at radius 3 is 1.89 bits per heavy atom. The summed E-state index contributed by atoms with van der Waals surface area (Å²) in [6, 6.07) is 59.4. The second-order valence-electron chi connectivity index (χ2n) is 13.1. The molecule has 0 radical (unpaired) electrons. The van der Waals surface area contributed by atoms with Gasteiger partial charge >= 0.3 is 0 Å². The van der Waals surface area contributed by atoms with E-state index in [2.05, 4.69) is 188 Å². The molecule has 7 aromatic carbocycles. The number of nitrogens with one attached hydrogen (secondary N) is 1. The summed E-state index contributed by atoms with van der Waals surface area (Å²) in [5.41, 5.74) is 16.0. The van der Waals surface area contributed by atoms with Gasteiger partial charge in [-0.25, -0.2) is 0 Å². The second kappa shape index (κ2) is 10.6. The molecule has 8 aromatic rings. The molecule has 0 saturated heterocycles. The van der Waals surface area contributed by atoms with Crippen molar-refractivity contribution >= 4 is 33.2 Å². The highest BCUT2D eigenvalue weighted by molar-refractivity contribution is 6.10. The summed E-state index contributed by atoms with van der Waals surface area (Å²) in [7, 11) is 0. The van der Waals surface area contributed by atoms with Gasteiger partial charge in [-0.15, -0.1) is 0 Å². The number of hydrogen-bond acceptors (Lipinski definition) is 1. The summed E-state index contributed by atoms with van der Waals surface area (Å²) in [4.78, 5) is 0. The van der Waals surface area contributed by atoms with E-state index in [0.717, 1.165) is 11.4 Å². The normalized spacial score (nSPS) is 13.1. The summed E-state index contributed by atoms with van der Waals surface area (Å²) in [5, 5.41) is 6.20. The number of hydrogen-bond donors (Lipinski definition) is 1. The second-order valence-corrected chi connectivity index (χ2v) is 13.1. The Balaban J connectivity index is 1.08. The van der Waals surface area contributed by atoms with Crippen LogP contribution in [0.15, 0.2) is 164 Å². The van der Waals surface area contributed by atoms with Gasteiger partial charge in [-0.2, -0.15) is 0 Å². The van der Waals surface area contributed by atoms with Gasteiger partial charge in [-0.3, -0.25) is 0 Å². The van der Waals surface area contributed by atoms with Crippen LogP contribution in [0.5, 0.6) is 0 Å². The van der Waals surface area contributed by atoms with Crippen molar-refractivity contribution in [2.75, 3.05) is 5.32 Å². The molecule has 1 N–H and O–H groups in total. The lowest BCUT2D eigenvalue weighted by Crippen LogP contribution is -2.15. The van der Waals surface area contributed by atoms with E-state index in [1.165, 1.54) is 72.0 Å². The van der Waals surface area contributed by atoms with Crippen molar-refractivity contribution in [1.29, 1.82) is 0 Å². The fourth-order valence-electron chi connectivity index (χ4n) is 7.58. The van der Waals surface area contributed by atoms with Gasteiger partial charge in [0.05, 0.1) is 11.0 Å². The SMILES string of the molecule is CC1(C)c2ccccc2-c2ccc(-n3c4ccccc4c4ccc(Nc5ccc(-c6cccc(-c7ccccc7)c6)cc5)cc43)cc21. The van der Waals surface area contributed by atoms with Crippen LogP contribution in [0.4, 0.5) is 11.4 Å². The first-order valence-electron chi connectivity index (χ1n) is 16.4. The Bertz CT molecular complexity index is 2450. The summed E-state index contributed by atoms with van der Waals surface area (Å²) in [5.74, 6) is 0. The molecule has 224 valence electrons. The number of aromatic nitrogens is 1. The summed E-state index contributed by atoms with van der Waals surface area (Å²) in [6.07, 6.45) is 0. The van der Waals surface area contributed by atoms with E-state index in [1.54, 1.807) is 0 Å². The van der Waals surface area contributed by atoms with Crippen molar-refractivity contribution in [3.8, 4) is 39.1 Å². The molecule has 0 atom stereocenters. The summed E-state index contributed by atoms with van der Waals surface area (Å²) >= 11 is 0. The van der Waals surface area contributed by atoms with E-state index in [4.69, 9.17) is 0 Å². The van der Waals surface area contributed by atoms with E-state index in [1.807, 2.05) is 0 Å². The lowest BCUT2D eigenvalue weighted by molar-refractivity contribution is 0.660. The molecule has 1 aromatic heterocycles. The molecule has 0 aliphatic heterocycles. The molecule has 0 unspecified atom stereocenters. The van der Waals surface area contributed by atoms with Crippen LogP contribution in [0, 0.1) is 0 Å². The van der Waals surface area contributed by atoms with Crippen LogP contribution in [0.25, 0.3) is 60.9 Å². The Morgan fingerprint density at radius 1 is 0.426 bits per heavy atom. The van der Waals surface area contributed by atoms with Crippen LogP contribution in [-0.4, -0.2) is 4.57 Å². The van der Waals surface area contributed by atoms with Crippen molar-refractivity contribution in [3.05, 3.63) is 175 Å². The van der Waals surface area contributed by atoms with Crippen molar-refractivity contribution in [1.82, 2.24) is 4.57 Å². The first-order chi connectivity index (χ1) is 23.0. The largest absolute Gasteiger partial charge is 0.355 e. The molecule has 9 rings (SSSR count). The Hall–Kier alpha value is -5.86. The first kappa shape index (κ1) is 27.5. The molecule has 47 heavy (non-hydrogen) atoms. The third kappa shape index (κ3) is 4.48. The van der Waals surface area contributed by atoms with E-state index in [-0.39, 0.29) is 5.41 Å². The van der Waals surface area contributed by atoms with Gasteiger partial charge in [0, 0.05) is 33.2 Å². The highest BCUT2D eigenvalue weighted by Gasteiger charge is 2.35. The van der Waals surface area contributed by atoms with Crippen LogP contribution >= 0.6 is 0 Å². The molecule has 0 spiro atoms. The topological polar surface area (TPSA) is 17.0 Å². The van der Waals surface area contributed by atoms with E-state index in [9.17, 15) is 0 Å². The van der Waals surface area contributed by atoms with Gasteiger partial charge in [0.2, 0.25) is 0 Å². The third-order valence-corrected chi connectivity index (χ3v) is 9.98. The maximum atomic E-state index is 3.69. The third-order valence-electron chi connectivity index (χ3n) is 9.98. The standard InChI is InChI=1S/C45H34N2/c1-45(2)41-17-8-6-15-37(41)38-26-24-36(29-42(38)45)47-43-18-9-7-16-39(43)40-25-23-35(28-44(40)47)46-34-21-19-31(20-22-34)33-14-10-13-32(27-33)30-11-4-3-5-12-30/h3-29,46H,1-2H3. The van der Waals surface area contributed by atoms with Crippen LogP contribution in [0.2, 0.25) is 0 Å². The average Bonchev–Trinajstić information content (AvgIpc) is 3.57. The molecular formula is C45H34N2. The molecule has 1 heterocycles. The van der Waals surface area contributed by atoms with Crippen LogP contribution in [0.1, 0.15) is 25.0 Å². The number of para-hydroxylation sites is 1. The van der Waals surface area contributed by atoms with Gasteiger partial charge in [0.25, 0.3) is 0 Å². The average molecular weight is 603 g/mol. The zero-order valence-corrected chi connectivity index (χ0v) is 26.5. The minimum atomic E-state index is -0.0531. The number of fused-ring (bicyclic) bond motifs is 6. The van der Waals surface area contributed by atoms with Gasteiger partial charge in [0.15, 0.2) is 0 Å². The number of rotatable bonds is 5. The summed E-state index contributed by atoms with van der Waals surface area (Å²) < 4.78 is 2.43. The minimum Gasteiger partial charge on any atom is -0.355 e. The van der Waals surface area contributed by atoms with Crippen LogP contribution in [0.3, 0.4) is 0 Å². The lowest BCUT2D eigenvalue weighted by Gasteiger charge is -2.22. The fourth-order valence-corrected chi connectivity index (χ4v) is 7.58. The minimum absolute atomic E-state index is 0.0531. The number of nitrogens with zero attached hydrogens (tertiary/aromatic N) is 1. The van der Waals surface area contributed by atoms with Crippen molar-refractivity contribution in [3.63, 3.8) is 0 Å². The molecular weight excluding hydrogens is 569 g/mol. The zero-order valence-electron chi connectivity index (χ0n) is 26.5.